The molecule has 0 unspecified atom stereocenters. The molecule has 0 aromatic heterocycles. The van der Waals surface area contributed by atoms with Crippen LogP contribution in [-0.2, 0) is 14.8 Å². The summed E-state index contributed by atoms with van der Waals surface area (Å²) in [4.78, 5) is 11.1. The lowest BCUT2D eigenvalue weighted by Gasteiger charge is -2.13. The lowest BCUT2D eigenvalue weighted by Crippen LogP contribution is -2.31. The summed E-state index contributed by atoms with van der Waals surface area (Å²) >= 11 is 11.4. The lowest BCUT2D eigenvalue weighted by atomic mass is 10.4. The number of benzene rings is 1. The standard InChI is InChI=1S/C9H7Cl2NO4S/c10-7-2-1-6(5-8(7)11)17(14,15)12-3-4-16-9(12)13/h1-2,5H,3-4H2. The number of carbonyl (C=O) groups is 1. The molecule has 0 saturated carbocycles. The van der Waals surface area contributed by atoms with E-state index in [1.54, 1.807) is 0 Å². The lowest BCUT2D eigenvalue weighted by molar-refractivity contribution is 0.170. The number of hydrogen-bond donors (Lipinski definition) is 0. The number of carbonyl (C=O) groups excluding carboxylic acids is 1. The van der Waals surface area contributed by atoms with Gasteiger partial charge in [-0.3, -0.25) is 0 Å². The quantitative estimate of drug-likeness (QED) is 0.838. The Kier molecular flexibility index (Phi) is 3.20. The number of hydrogen-bond acceptors (Lipinski definition) is 4. The van der Waals surface area contributed by atoms with Gasteiger partial charge in [-0.1, -0.05) is 23.2 Å². The Labute approximate surface area is 108 Å². The third-order valence-corrected chi connectivity index (χ3v) is 4.70. The van der Waals surface area contributed by atoms with E-state index in [0.717, 1.165) is 0 Å². The molecule has 8 heteroatoms. The van der Waals surface area contributed by atoms with Crippen LogP contribution in [0.1, 0.15) is 0 Å². The summed E-state index contributed by atoms with van der Waals surface area (Å²) in [6, 6.07) is 3.85. The van der Waals surface area contributed by atoms with Crippen LogP contribution in [0.5, 0.6) is 0 Å². The monoisotopic (exact) mass is 295 g/mol. The van der Waals surface area contributed by atoms with Crippen LogP contribution in [0.2, 0.25) is 10.0 Å². The van der Waals surface area contributed by atoms with Gasteiger partial charge in [0.2, 0.25) is 0 Å². The second kappa shape index (κ2) is 4.36. The molecule has 5 nitrogen and oxygen atoms in total. The molecule has 1 amide bonds. The van der Waals surface area contributed by atoms with Gasteiger partial charge in [0.15, 0.2) is 0 Å². The zero-order chi connectivity index (χ0) is 12.6. The highest BCUT2D eigenvalue weighted by Crippen LogP contribution is 2.27. The second-order valence-corrected chi connectivity index (χ2v) is 5.94. The zero-order valence-corrected chi connectivity index (χ0v) is 10.7. The van der Waals surface area contributed by atoms with E-state index in [1.165, 1.54) is 18.2 Å². The van der Waals surface area contributed by atoms with Gasteiger partial charge in [0.05, 0.1) is 21.5 Å². The summed E-state index contributed by atoms with van der Waals surface area (Å²) in [7, 11) is -3.91. The number of nitrogens with zero attached hydrogens (tertiary/aromatic N) is 1. The number of rotatable bonds is 2. The van der Waals surface area contributed by atoms with Crippen LogP contribution in [0.25, 0.3) is 0 Å². The molecule has 1 aliphatic rings. The first-order valence-electron chi connectivity index (χ1n) is 4.57. The average Bonchev–Trinajstić information content (AvgIpc) is 2.69. The van der Waals surface area contributed by atoms with Crippen LogP contribution in [0, 0.1) is 0 Å². The van der Waals surface area contributed by atoms with Gasteiger partial charge in [0.1, 0.15) is 6.61 Å². The summed E-state index contributed by atoms with van der Waals surface area (Å²) < 4.78 is 29.3. The van der Waals surface area contributed by atoms with E-state index in [-0.39, 0.29) is 28.1 Å². The van der Waals surface area contributed by atoms with Gasteiger partial charge in [-0.15, -0.1) is 0 Å². The number of ether oxygens (including phenoxy) is 1. The molecule has 0 bridgehead atoms. The summed E-state index contributed by atoms with van der Waals surface area (Å²) in [5.74, 6) is 0. The van der Waals surface area contributed by atoms with Crippen molar-refractivity contribution in [2.45, 2.75) is 4.90 Å². The van der Waals surface area contributed by atoms with Gasteiger partial charge in [-0.05, 0) is 18.2 Å². The van der Waals surface area contributed by atoms with Crippen molar-refractivity contribution in [3.05, 3.63) is 28.2 Å². The molecule has 0 radical (unpaired) electrons. The van der Waals surface area contributed by atoms with Crippen LogP contribution in [0.3, 0.4) is 0 Å². The Morgan fingerprint density at radius 3 is 2.47 bits per heavy atom. The van der Waals surface area contributed by atoms with E-state index in [2.05, 4.69) is 4.74 Å². The molecule has 1 heterocycles. The van der Waals surface area contributed by atoms with Gasteiger partial charge in [0.25, 0.3) is 10.0 Å². The first kappa shape index (κ1) is 12.5. The van der Waals surface area contributed by atoms with Gasteiger partial charge in [-0.25, -0.2) is 13.2 Å². The third-order valence-electron chi connectivity index (χ3n) is 2.20. The molecule has 0 N–H and O–H groups in total. The Hall–Kier alpha value is -0.980. The molecule has 0 spiro atoms. The fraction of sp³-hybridized carbons (Fsp3) is 0.222. The smallest absolute Gasteiger partial charge is 0.424 e. The molecule has 17 heavy (non-hydrogen) atoms. The summed E-state index contributed by atoms with van der Waals surface area (Å²) in [5.41, 5.74) is 0. The minimum absolute atomic E-state index is 0.00140. The highest BCUT2D eigenvalue weighted by atomic mass is 35.5. The van der Waals surface area contributed by atoms with Gasteiger partial charge >= 0.3 is 6.09 Å². The van der Waals surface area contributed by atoms with E-state index < -0.39 is 16.1 Å². The van der Waals surface area contributed by atoms with Crippen molar-refractivity contribution in [3.63, 3.8) is 0 Å². The highest BCUT2D eigenvalue weighted by molar-refractivity contribution is 7.89. The minimum atomic E-state index is -3.91. The molecule has 0 atom stereocenters. The van der Waals surface area contributed by atoms with E-state index >= 15 is 0 Å². The Balaban J connectivity index is 2.44. The zero-order valence-electron chi connectivity index (χ0n) is 8.39. The normalized spacial score (nSPS) is 16.1. The molecule has 1 aromatic carbocycles. The minimum Gasteiger partial charge on any atom is -0.447 e. The fourth-order valence-corrected chi connectivity index (χ4v) is 3.05. The maximum atomic E-state index is 12.0. The number of halogens is 2. The van der Waals surface area contributed by atoms with Crippen LogP contribution in [-0.4, -0.2) is 32.0 Å². The van der Waals surface area contributed by atoms with Crippen molar-refractivity contribution in [2.75, 3.05) is 13.2 Å². The van der Waals surface area contributed by atoms with Crippen LogP contribution < -0.4 is 0 Å². The highest BCUT2D eigenvalue weighted by Gasteiger charge is 2.34. The molecular formula is C9H7Cl2NO4S. The van der Waals surface area contributed by atoms with Crippen molar-refractivity contribution < 1.29 is 17.9 Å². The van der Waals surface area contributed by atoms with Crippen molar-refractivity contribution in [2.24, 2.45) is 0 Å². The average molecular weight is 296 g/mol. The molecule has 2 rings (SSSR count). The first-order chi connectivity index (χ1) is 7.93. The van der Waals surface area contributed by atoms with E-state index in [1.807, 2.05) is 0 Å². The van der Waals surface area contributed by atoms with Gasteiger partial charge < -0.3 is 4.74 Å². The van der Waals surface area contributed by atoms with E-state index in [0.29, 0.717) is 4.31 Å². The SMILES string of the molecule is O=C1OCCN1S(=O)(=O)c1ccc(Cl)c(Cl)c1. The Morgan fingerprint density at radius 1 is 1.24 bits per heavy atom. The topological polar surface area (TPSA) is 63.7 Å². The third kappa shape index (κ3) is 2.20. The van der Waals surface area contributed by atoms with Crippen molar-refractivity contribution in [1.29, 1.82) is 0 Å². The predicted molar refractivity (Wildman–Crippen MR) is 61.7 cm³/mol. The Bertz CT molecular complexity index is 572. The fourth-order valence-electron chi connectivity index (χ4n) is 1.36. The van der Waals surface area contributed by atoms with Crippen molar-refractivity contribution in [3.8, 4) is 0 Å². The molecule has 1 fully saturated rings. The van der Waals surface area contributed by atoms with Crippen LogP contribution >= 0.6 is 23.2 Å². The molecule has 1 saturated heterocycles. The molecule has 1 aromatic rings. The first-order valence-corrected chi connectivity index (χ1v) is 6.77. The maximum Gasteiger partial charge on any atom is 0.424 e. The predicted octanol–water partition coefficient (Wildman–Crippen LogP) is 2.13. The summed E-state index contributed by atoms with van der Waals surface area (Å²) in [6.45, 7) is 0.0563. The number of amides is 1. The largest absolute Gasteiger partial charge is 0.447 e. The second-order valence-electron chi connectivity index (χ2n) is 3.27. The van der Waals surface area contributed by atoms with Crippen LogP contribution in [0.15, 0.2) is 23.1 Å². The number of cyclic esters (lactones) is 1. The maximum absolute atomic E-state index is 12.0. The van der Waals surface area contributed by atoms with Gasteiger partial charge in [-0.2, -0.15) is 4.31 Å². The Morgan fingerprint density at radius 2 is 1.94 bits per heavy atom. The molecular weight excluding hydrogens is 289 g/mol. The summed E-state index contributed by atoms with van der Waals surface area (Å²) in [6.07, 6.45) is -0.879. The van der Waals surface area contributed by atoms with Crippen molar-refractivity contribution >= 4 is 39.3 Å². The van der Waals surface area contributed by atoms with Gasteiger partial charge in [0, 0.05) is 0 Å². The van der Waals surface area contributed by atoms with Crippen LogP contribution in [0.4, 0.5) is 4.79 Å². The van der Waals surface area contributed by atoms with E-state index in [4.69, 9.17) is 23.2 Å². The molecule has 1 aliphatic heterocycles. The summed E-state index contributed by atoms with van der Waals surface area (Å²) in [5, 5.41) is 0.356. The molecule has 92 valence electrons. The molecule has 0 aliphatic carbocycles. The van der Waals surface area contributed by atoms with Crippen molar-refractivity contribution in [1.82, 2.24) is 4.31 Å². The number of sulfonamides is 1. The van der Waals surface area contributed by atoms with E-state index in [9.17, 15) is 13.2 Å².